The van der Waals surface area contributed by atoms with Crippen molar-refractivity contribution in [3.63, 3.8) is 0 Å². The maximum absolute atomic E-state index is 11.1. The van der Waals surface area contributed by atoms with E-state index >= 15 is 0 Å². The lowest BCUT2D eigenvalue weighted by Crippen LogP contribution is -2.49. The normalized spacial score (nSPS) is 30.9. The molecule has 4 heteroatoms. The summed E-state index contributed by atoms with van der Waals surface area (Å²) >= 11 is 0. The third-order valence-corrected chi connectivity index (χ3v) is 3.09. The Hall–Kier alpha value is -0.740. The van der Waals surface area contributed by atoms with Crippen molar-refractivity contribution in [2.75, 3.05) is 19.6 Å². The van der Waals surface area contributed by atoms with Crippen molar-refractivity contribution in [1.29, 1.82) is 0 Å². The number of ketones is 1. The molecular formula is C10H16N2O2. The fourth-order valence-corrected chi connectivity index (χ4v) is 2.27. The van der Waals surface area contributed by atoms with E-state index in [9.17, 15) is 9.59 Å². The zero-order valence-corrected chi connectivity index (χ0v) is 8.32. The molecular weight excluding hydrogens is 180 g/mol. The minimum absolute atomic E-state index is 0.0585. The summed E-state index contributed by atoms with van der Waals surface area (Å²) in [6.45, 7) is 2.56. The Bertz CT molecular complexity index is 232. The molecule has 0 aromatic heterocycles. The van der Waals surface area contributed by atoms with Crippen molar-refractivity contribution in [3.05, 3.63) is 0 Å². The number of hydrogen-bond acceptors (Lipinski definition) is 4. The van der Waals surface area contributed by atoms with Crippen LogP contribution in [0.4, 0.5) is 0 Å². The molecule has 0 spiro atoms. The minimum Gasteiger partial charge on any atom is -0.302 e. The average molecular weight is 196 g/mol. The second kappa shape index (κ2) is 4.19. The van der Waals surface area contributed by atoms with Gasteiger partial charge in [0, 0.05) is 32.5 Å². The Morgan fingerprint density at radius 1 is 1.21 bits per heavy atom. The molecule has 2 rings (SSSR count). The van der Waals surface area contributed by atoms with Gasteiger partial charge in [0.2, 0.25) is 0 Å². The van der Waals surface area contributed by atoms with Gasteiger partial charge in [0.05, 0.1) is 6.04 Å². The van der Waals surface area contributed by atoms with E-state index in [1.165, 1.54) is 0 Å². The fourth-order valence-electron chi connectivity index (χ4n) is 2.27. The highest BCUT2D eigenvalue weighted by atomic mass is 16.1. The van der Waals surface area contributed by atoms with Gasteiger partial charge in [0.15, 0.2) is 0 Å². The second-order valence-corrected chi connectivity index (χ2v) is 4.00. The van der Waals surface area contributed by atoms with Crippen molar-refractivity contribution in [2.45, 2.75) is 31.7 Å². The molecule has 0 N–H and O–H groups in total. The number of hydrogen-bond donors (Lipinski definition) is 0. The SMILES string of the molecule is O=C[C@@H]1CCCN1N1CCC(=O)CC1. The topological polar surface area (TPSA) is 40.6 Å². The van der Waals surface area contributed by atoms with Crippen molar-refractivity contribution < 1.29 is 9.59 Å². The van der Waals surface area contributed by atoms with E-state index < -0.39 is 0 Å². The minimum atomic E-state index is 0.0585. The van der Waals surface area contributed by atoms with Crippen LogP contribution in [0.25, 0.3) is 0 Å². The number of aldehydes is 1. The Morgan fingerprint density at radius 2 is 1.93 bits per heavy atom. The average Bonchev–Trinajstić information content (AvgIpc) is 2.67. The van der Waals surface area contributed by atoms with Crippen LogP contribution >= 0.6 is 0 Å². The predicted octanol–water partition coefficient (Wildman–Crippen LogP) is 0.230. The first-order valence-electron chi connectivity index (χ1n) is 5.30. The maximum atomic E-state index is 11.1. The van der Waals surface area contributed by atoms with Gasteiger partial charge >= 0.3 is 0 Å². The zero-order valence-electron chi connectivity index (χ0n) is 8.32. The van der Waals surface area contributed by atoms with E-state index in [0.29, 0.717) is 18.6 Å². The molecule has 0 radical (unpaired) electrons. The summed E-state index contributed by atoms with van der Waals surface area (Å²) in [5, 5.41) is 4.31. The first-order chi connectivity index (χ1) is 6.81. The van der Waals surface area contributed by atoms with Gasteiger partial charge in [-0.3, -0.25) is 4.79 Å². The maximum Gasteiger partial charge on any atom is 0.138 e. The Morgan fingerprint density at radius 3 is 2.57 bits per heavy atom. The van der Waals surface area contributed by atoms with E-state index in [2.05, 4.69) is 10.0 Å². The predicted molar refractivity (Wildman–Crippen MR) is 51.6 cm³/mol. The van der Waals surface area contributed by atoms with Gasteiger partial charge in [-0.15, -0.1) is 0 Å². The van der Waals surface area contributed by atoms with Crippen LogP contribution in [0.3, 0.4) is 0 Å². The van der Waals surface area contributed by atoms with Gasteiger partial charge in [-0.05, 0) is 12.8 Å². The highest BCUT2D eigenvalue weighted by Gasteiger charge is 2.30. The molecule has 0 unspecified atom stereocenters. The molecule has 14 heavy (non-hydrogen) atoms. The third kappa shape index (κ3) is 1.86. The molecule has 2 heterocycles. The van der Waals surface area contributed by atoms with Crippen LogP contribution in [0.1, 0.15) is 25.7 Å². The highest BCUT2D eigenvalue weighted by Crippen LogP contribution is 2.20. The quantitative estimate of drug-likeness (QED) is 0.593. The van der Waals surface area contributed by atoms with Crippen LogP contribution in [-0.4, -0.2) is 47.8 Å². The molecule has 0 bridgehead atoms. The van der Waals surface area contributed by atoms with E-state index in [0.717, 1.165) is 38.8 Å². The van der Waals surface area contributed by atoms with Crippen molar-refractivity contribution in [3.8, 4) is 0 Å². The van der Waals surface area contributed by atoms with Gasteiger partial charge in [-0.1, -0.05) is 0 Å². The first-order valence-corrected chi connectivity index (χ1v) is 5.30. The highest BCUT2D eigenvalue weighted by molar-refractivity contribution is 5.79. The molecule has 0 saturated carbocycles. The number of nitrogens with zero attached hydrogens (tertiary/aromatic N) is 2. The Kier molecular flexibility index (Phi) is 2.93. The molecule has 2 aliphatic rings. The van der Waals surface area contributed by atoms with E-state index in [4.69, 9.17) is 0 Å². The number of Topliss-reactive ketones (excluding diaryl/α,β-unsaturated/α-hetero) is 1. The van der Waals surface area contributed by atoms with Crippen molar-refractivity contribution >= 4 is 12.1 Å². The van der Waals surface area contributed by atoms with Crippen LogP contribution in [0, 0.1) is 0 Å². The molecule has 2 aliphatic heterocycles. The van der Waals surface area contributed by atoms with Crippen LogP contribution < -0.4 is 0 Å². The van der Waals surface area contributed by atoms with Gasteiger partial charge < -0.3 is 4.79 Å². The number of rotatable bonds is 2. The first kappa shape index (κ1) is 9.80. The molecule has 4 nitrogen and oxygen atoms in total. The largest absolute Gasteiger partial charge is 0.302 e. The van der Waals surface area contributed by atoms with Crippen LogP contribution in [0.2, 0.25) is 0 Å². The molecule has 0 amide bonds. The third-order valence-electron chi connectivity index (χ3n) is 3.09. The van der Waals surface area contributed by atoms with Crippen LogP contribution in [-0.2, 0) is 9.59 Å². The summed E-state index contributed by atoms with van der Waals surface area (Å²) in [7, 11) is 0. The van der Waals surface area contributed by atoms with E-state index in [1.807, 2.05) is 0 Å². The lowest BCUT2D eigenvalue weighted by atomic mass is 10.1. The lowest BCUT2D eigenvalue weighted by molar-refractivity contribution is -0.130. The summed E-state index contributed by atoms with van der Waals surface area (Å²) < 4.78 is 0. The van der Waals surface area contributed by atoms with Crippen LogP contribution in [0.15, 0.2) is 0 Å². The second-order valence-electron chi connectivity index (χ2n) is 4.00. The Balaban J connectivity index is 1.94. The van der Waals surface area contributed by atoms with Gasteiger partial charge in [0.25, 0.3) is 0 Å². The van der Waals surface area contributed by atoms with Gasteiger partial charge in [-0.2, -0.15) is 0 Å². The van der Waals surface area contributed by atoms with Crippen LogP contribution in [0.5, 0.6) is 0 Å². The molecule has 78 valence electrons. The van der Waals surface area contributed by atoms with Gasteiger partial charge in [-0.25, -0.2) is 10.0 Å². The number of hydrazine groups is 1. The molecule has 2 saturated heterocycles. The van der Waals surface area contributed by atoms with E-state index in [-0.39, 0.29) is 6.04 Å². The Labute approximate surface area is 83.8 Å². The number of piperidine rings is 1. The summed E-state index contributed by atoms with van der Waals surface area (Å²) in [5.41, 5.74) is 0. The monoisotopic (exact) mass is 196 g/mol. The standard InChI is InChI=1S/C10H16N2O2/c13-8-9-2-1-5-12(9)11-6-3-10(14)4-7-11/h8-9H,1-7H2/t9-/m0/s1. The zero-order chi connectivity index (χ0) is 9.97. The fraction of sp³-hybridized carbons (Fsp3) is 0.800. The summed E-state index contributed by atoms with van der Waals surface area (Å²) in [6.07, 6.45) is 4.37. The molecule has 0 aromatic carbocycles. The molecule has 2 fully saturated rings. The van der Waals surface area contributed by atoms with Crippen molar-refractivity contribution in [2.24, 2.45) is 0 Å². The number of carbonyl (C=O) groups is 2. The van der Waals surface area contributed by atoms with Gasteiger partial charge in [0.1, 0.15) is 12.1 Å². The molecule has 0 aromatic rings. The smallest absolute Gasteiger partial charge is 0.138 e. The number of carbonyl (C=O) groups excluding carboxylic acids is 2. The summed E-state index contributed by atoms with van der Waals surface area (Å²) in [5.74, 6) is 0.350. The van der Waals surface area contributed by atoms with E-state index in [1.54, 1.807) is 0 Å². The summed E-state index contributed by atoms with van der Waals surface area (Å²) in [6, 6.07) is 0.0585. The summed E-state index contributed by atoms with van der Waals surface area (Å²) in [4.78, 5) is 21.8. The molecule has 0 aliphatic carbocycles. The van der Waals surface area contributed by atoms with Crippen molar-refractivity contribution in [1.82, 2.24) is 10.0 Å². The molecule has 1 atom stereocenters. The lowest BCUT2D eigenvalue weighted by Gasteiger charge is -2.36.